The number of amides is 1. The lowest BCUT2D eigenvalue weighted by atomic mass is 9.98. The highest BCUT2D eigenvalue weighted by Crippen LogP contribution is 2.31. The van der Waals surface area contributed by atoms with Gasteiger partial charge in [-0.25, -0.2) is 4.79 Å². The maximum absolute atomic E-state index is 12.8. The first kappa shape index (κ1) is 27.9. The van der Waals surface area contributed by atoms with Gasteiger partial charge in [0.2, 0.25) is 0 Å². The zero-order valence-electron chi connectivity index (χ0n) is 22.3. The first-order valence-electron chi connectivity index (χ1n) is 13.0. The van der Waals surface area contributed by atoms with E-state index >= 15 is 0 Å². The Labute approximate surface area is 222 Å². The van der Waals surface area contributed by atoms with Crippen molar-refractivity contribution < 1.29 is 27.4 Å². The maximum Gasteiger partial charge on any atom is 0.416 e. The average Bonchev–Trinajstić information content (AvgIpc) is 2.91. The van der Waals surface area contributed by atoms with Gasteiger partial charge in [-0.05, 0) is 49.7 Å². The highest BCUT2D eigenvalue weighted by atomic mass is 19.4. The molecule has 0 bridgehead atoms. The third kappa shape index (κ3) is 7.03. The van der Waals surface area contributed by atoms with E-state index in [0.717, 1.165) is 67.3 Å². The van der Waals surface area contributed by atoms with Gasteiger partial charge in [0.15, 0.2) is 0 Å². The number of alkyl halides is 3. The number of carbonyl (C=O) groups excluding carboxylic acids is 1. The van der Waals surface area contributed by atoms with Gasteiger partial charge in [-0.3, -0.25) is 4.90 Å². The molecule has 7 nitrogen and oxygen atoms in total. The summed E-state index contributed by atoms with van der Waals surface area (Å²) in [6.45, 7) is 5.05. The molecule has 2 aromatic carbocycles. The second-order valence-electron chi connectivity index (χ2n) is 10.2. The Morgan fingerprint density at radius 3 is 2.37 bits per heavy atom. The van der Waals surface area contributed by atoms with Crippen LogP contribution < -0.4 is 14.5 Å². The van der Waals surface area contributed by atoms with Crippen LogP contribution in [0.4, 0.5) is 29.3 Å². The highest BCUT2D eigenvalue weighted by Gasteiger charge is 2.31. The monoisotopic (exact) mass is 534 g/mol. The molecule has 4 rings (SSSR count). The third-order valence-electron chi connectivity index (χ3n) is 7.32. The van der Waals surface area contributed by atoms with Crippen molar-refractivity contribution in [1.82, 2.24) is 9.80 Å². The van der Waals surface area contributed by atoms with Gasteiger partial charge in [-0.1, -0.05) is 6.07 Å². The smallest absolute Gasteiger partial charge is 0.416 e. The molecule has 2 saturated heterocycles. The molecule has 1 unspecified atom stereocenters. The number of halogens is 3. The summed E-state index contributed by atoms with van der Waals surface area (Å²) in [6, 6.07) is 11.4. The molecule has 0 radical (unpaired) electrons. The van der Waals surface area contributed by atoms with Gasteiger partial charge in [0, 0.05) is 82.3 Å². The van der Waals surface area contributed by atoms with Crippen LogP contribution in [0.25, 0.3) is 0 Å². The van der Waals surface area contributed by atoms with Gasteiger partial charge in [-0.15, -0.1) is 0 Å². The Morgan fingerprint density at radius 2 is 1.74 bits per heavy atom. The van der Waals surface area contributed by atoms with E-state index in [2.05, 4.69) is 23.1 Å². The normalized spacial score (nSPS) is 18.8. The second kappa shape index (κ2) is 12.1. The van der Waals surface area contributed by atoms with Crippen LogP contribution in [0.1, 0.15) is 24.0 Å². The van der Waals surface area contributed by atoms with Gasteiger partial charge in [0.1, 0.15) is 5.75 Å². The number of piperazine rings is 1. The summed E-state index contributed by atoms with van der Waals surface area (Å²) in [4.78, 5) is 20.8. The fraction of sp³-hybridized carbons (Fsp3) is 0.536. The predicted octanol–water partition coefficient (Wildman–Crippen LogP) is 4.95. The minimum absolute atomic E-state index is 0.271. The zero-order chi connectivity index (χ0) is 27.3. The lowest BCUT2D eigenvalue weighted by molar-refractivity contribution is -0.137. The number of carbonyl (C=O) groups is 1. The van der Waals surface area contributed by atoms with Gasteiger partial charge in [0.05, 0.1) is 19.3 Å². The molecule has 2 heterocycles. The van der Waals surface area contributed by atoms with Crippen LogP contribution in [0.2, 0.25) is 0 Å². The molecule has 0 aromatic heterocycles. The quantitative estimate of drug-likeness (QED) is 0.501. The number of benzene rings is 2. The van der Waals surface area contributed by atoms with E-state index < -0.39 is 11.7 Å². The minimum Gasteiger partial charge on any atom is -0.496 e. The largest absolute Gasteiger partial charge is 0.496 e. The standard InChI is InChI=1S/C28H37F3N4O3/c1-32(2)25-9-6-22(26(17-25)37-3)19-33-12-4-5-21(18-33)20-38-27(36)35-15-13-34(14-16-35)24-10-7-23(8-11-24)28(29,30)31/h6-11,17,21H,4-5,12-16,18-20H2,1-3H3. The number of ether oxygens (including phenoxy) is 2. The van der Waals surface area contributed by atoms with Crippen molar-refractivity contribution in [3.63, 3.8) is 0 Å². The fourth-order valence-electron chi connectivity index (χ4n) is 5.10. The van der Waals surface area contributed by atoms with E-state index in [4.69, 9.17) is 9.47 Å². The average molecular weight is 535 g/mol. The van der Waals surface area contributed by atoms with E-state index in [1.54, 1.807) is 12.0 Å². The van der Waals surface area contributed by atoms with Crippen molar-refractivity contribution >= 4 is 17.5 Å². The van der Waals surface area contributed by atoms with E-state index in [1.165, 1.54) is 12.1 Å². The summed E-state index contributed by atoms with van der Waals surface area (Å²) in [6.07, 6.45) is -2.61. The number of likely N-dealkylation sites (tertiary alicyclic amines) is 1. The van der Waals surface area contributed by atoms with E-state index in [-0.39, 0.29) is 12.0 Å². The zero-order valence-corrected chi connectivity index (χ0v) is 22.3. The second-order valence-corrected chi connectivity index (χ2v) is 10.2. The molecular weight excluding hydrogens is 497 g/mol. The Kier molecular flexibility index (Phi) is 8.91. The summed E-state index contributed by atoms with van der Waals surface area (Å²) < 4.78 is 49.8. The van der Waals surface area contributed by atoms with Crippen LogP contribution in [0, 0.1) is 5.92 Å². The highest BCUT2D eigenvalue weighted by molar-refractivity contribution is 5.68. The lowest BCUT2D eigenvalue weighted by Gasteiger charge is -2.36. The number of hydrogen-bond donors (Lipinski definition) is 0. The Balaban J connectivity index is 1.22. The third-order valence-corrected chi connectivity index (χ3v) is 7.32. The van der Waals surface area contributed by atoms with Crippen molar-refractivity contribution in [2.45, 2.75) is 25.6 Å². The van der Waals surface area contributed by atoms with Gasteiger partial charge in [-0.2, -0.15) is 13.2 Å². The molecule has 2 fully saturated rings. The molecule has 0 N–H and O–H groups in total. The number of nitrogens with zero attached hydrogens (tertiary/aromatic N) is 4. The molecule has 208 valence electrons. The molecule has 2 aliphatic rings. The number of hydrogen-bond acceptors (Lipinski definition) is 6. The summed E-state index contributed by atoms with van der Waals surface area (Å²) in [5, 5.41) is 0. The van der Waals surface area contributed by atoms with Crippen LogP contribution in [0.3, 0.4) is 0 Å². The summed E-state index contributed by atoms with van der Waals surface area (Å²) in [7, 11) is 5.70. The first-order chi connectivity index (χ1) is 18.1. The molecule has 0 aliphatic carbocycles. The van der Waals surface area contributed by atoms with Crippen LogP contribution in [0.5, 0.6) is 5.75 Å². The van der Waals surface area contributed by atoms with Crippen LogP contribution in [0.15, 0.2) is 42.5 Å². The summed E-state index contributed by atoms with van der Waals surface area (Å²) in [5.74, 6) is 1.15. The Hall–Kier alpha value is -3.14. The maximum atomic E-state index is 12.8. The lowest BCUT2D eigenvalue weighted by Crippen LogP contribution is -2.49. The number of rotatable bonds is 7. The van der Waals surface area contributed by atoms with Crippen molar-refractivity contribution in [2.24, 2.45) is 5.92 Å². The van der Waals surface area contributed by atoms with E-state index in [9.17, 15) is 18.0 Å². The van der Waals surface area contributed by atoms with Crippen LogP contribution >= 0.6 is 0 Å². The molecule has 38 heavy (non-hydrogen) atoms. The van der Waals surface area contributed by atoms with Crippen molar-refractivity contribution in [3.05, 3.63) is 53.6 Å². The summed E-state index contributed by atoms with van der Waals surface area (Å²) >= 11 is 0. The molecular formula is C28H37F3N4O3. The number of methoxy groups -OCH3 is 1. The minimum atomic E-state index is -4.35. The number of piperidine rings is 1. The molecule has 1 atom stereocenters. The summed E-state index contributed by atoms with van der Waals surface area (Å²) in [5.41, 5.74) is 2.29. The van der Waals surface area contributed by atoms with E-state index in [1.807, 2.05) is 23.9 Å². The Morgan fingerprint density at radius 1 is 1.03 bits per heavy atom. The van der Waals surface area contributed by atoms with E-state index in [0.29, 0.717) is 32.8 Å². The van der Waals surface area contributed by atoms with Crippen LogP contribution in [-0.2, 0) is 17.5 Å². The fourth-order valence-corrected chi connectivity index (χ4v) is 5.10. The van der Waals surface area contributed by atoms with Crippen molar-refractivity contribution in [1.29, 1.82) is 0 Å². The Bertz CT molecular complexity index is 1070. The molecule has 10 heteroatoms. The molecule has 1 amide bonds. The molecule has 2 aliphatic heterocycles. The molecule has 2 aromatic rings. The predicted molar refractivity (Wildman–Crippen MR) is 142 cm³/mol. The molecule has 0 saturated carbocycles. The van der Waals surface area contributed by atoms with Crippen molar-refractivity contribution in [3.8, 4) is 5.75 Å². The topological polar surface area (TPSA) is 48.5 Å². The molecule has 0 spiro atoms. The van der Waals surface area contributed by atoms with Gasteiger partial charge >= 0.3 is 12.3 Å². The van der Waals surface area contributed by atoms with Gasteiger partial charge < -0.3 is 24.2 Å². The van der Waals surface area contributed by atoms with Crippen LogP contribution in [-0.4, -0.2) is 83.0 Å². The van der Waals surface area contributed by atoms with Gasteiger partial charge in [0.25, 0.3) is 0 Å². The number of anilines is 2. The SMILES string of the molecule is COc1cc(N(C)C)ccc1CN1CCCC(COC(=O)N2CCN(c3ccc(C(F)(F)F)cc3)CC2)C1. The first-order valence-corrected chi connectivity index (χ1v) is 13.0. The van der Waals surface area contributed by atoms with Crippen molar-refractivity contribution in [2.75, 3.05) is 76.9 Å².